The van der Waals surface area contributed by atoms with Crippen molar-refractivity contribution in [2.45, 2.75) is 52.2 Å². The van der Waals surface area contributed by atoms with Crippen LogP contribution in [0.25, 0.3) is 0 Å². The van der Waals surface area contributed by atoms with Crippen molar-refractivity contribution in [3.05, 3.63) is 101 Å². The number of nitrogens with one attached hydrogen (secondary N) is 1. The van der Waals surface area contributed by atoms with E-state index in [0.29, 0.717) is 0 Å². The summed E-state index contributed by atoms with van der Waals surface area (Å²) in [5, 5.41) is 3.21. The third-order valence-corrected chi connectivity index (χ3v) is 7.45. The molecule has 0 aliphatic rings. The highest BCUT2D eigenvalue weighted by atomic mass is 35.5. The summed E-state index contributed by atoms with van der Waals surface area (Å²) in [4.78, 5) is 29.3. The van der Waals surface area contributed by atoms with Crippen LogP contribution < -0.4 is 9.62 Å². The molecule has 7 nitrogen and oxygen atoms in total. The standard InChI is InChI=1S/C30H36ClN3O4S/c1-22-12-11-15-24(18-22)20-33(27(29(36)32-30(2,3)4)19-23-13-7-6-8-14-23)28(35)21-34(39(5,37)38)26-17-10-9-16-25(26)31/h6-18,27H,19-21H2,1-5H3,(H,32,36)/t27-/m1/s1. The van der Waals surface area contributed by atoms with Gasteiger partial charge in [-0.15, -0.1) is 0 Å². The average molecular weight is 570 g/mol. The lowest BCUT2D eigenvalue weighted by Gasteiger charge is -2.35. The first-order valence-electron chi connectivity index (χ1n) is 12.7. The van der Waals surface area contributed by atoms with Crippen molar-refractivity contribution in [1.82, 2.24) is 10.2 Å². The van der Waals surface area contributed by atoms with Crippen LogP contribution in [0, 0.1) is 6.92 Å². The van der Waals surface area contributed by atoms with Crippen LogP contribution in [0.4, 0.5) is 5.69 Å². The van der Waals surface area contributed by atoms with Crippen molar-refractivity contribution in [3.63, 3.8) is 0 Å². The van der Waals surface area contributed by atoms with Crippen molar-refractivity contribution in [3.8, 4) is 0 Å². The summed E-state index contributed by atoms with van der Waals surface area (Å²) >= 11 is 6.33. The largest absolute Gasteiger partial charge is 0.350 e. The summed E-state index contributed by atoms with van der Waals surface area (Å²) in [5.41, 5.74) is 2.37. The normalized spacial score (nSPS) is 12.5. The van der Waals surface area contributed by atoms with Gasteiger partial charge in [0.05, 0.1) is 17.0 Å². The van der Waals surface area contributed by atoms with Crippen LogP contribution in [-0.2, 0) is 32.6 Å². The smallest absolute Gasteiger partial charge is 0.244 e. The number of rotatable bonds is 10. The Balaban J connectivity index is 2.09. The molecule has 0 saturated carbocycles. The first-order valence-corrected chi connectivity index (χ1v) is 14.9. The Hall–Kier alpha value is -3.36. The number of amides is 2. The van der Waals surface area contributed by atoms with Gasteiger partial charge in [-0.05, 0) is 51.0 Å². The second-order valence-corrected chi connectivity index (χ2v) is 13.0. The summed E-state index contributed by atoms with van der Waals surface area (Å²) in [5.74, 6) is -0.845. The van der Waals surface area contributed by atoms with Gasteiger partial charge in [-0.1, -0.05) is 83.9 Å². The predicted octanol–water partition coefficient (Wildman–Crippen LogP) is 4.97. The first kappa shape index (κ1) is 30.2. The molecule has 0 radical (unpaired) electrons. The number of sulfonamides is 1. The van der Waals surface area contributed by atoms with Crippen molar-refractivity contribution in [1.29, 1.82) is 0 Å². The molecule has 2 amide bonds. The fourth-order valence-electron chi connectivity index (χ4n) is 4.26. The van der Waals surface area contributed by atoms with E-state index in [1.54, 1.807) is 24.3 Å². The van der Waals surface area contributed by atoms with Gasteiger partial charge in [0, 0.05) is 18.5 Å². The van der Waals surface area contributed by atoms with Gasteiger partial charge in [0.1, 0.15) is 12.6 Å². The van der Waals surface area contributed by atoms with E-state index in [-0.39, 0.29) is 29.6 Å². The van der Waals surface area contributed by atoms with Gasteiger partial charge in [-0.25, -0.2) is 8.42 Å². The Kier molecular flexibility index (Phi) is 9.80. The maximum Gasteiger partial charge on any atom is 0.244 e. The first-order chi connectivity index (χ1) is 18.2. The van der Waals surface area contributed by atoms with Gasteiger partial charge in [0.25, 0.3) is 0 Å². The zero-order valence-electron chi connectivity index (χ0n) is 23.0. The molecule has 0 unspecified atom stereocenters. The van der Waals surface area contributed by atoms with Gasteiger partial charge in [-0.2, -0.15) is 0 Å². The number of benzene rings is 3. The SMILES string of the molecule is Cc1cccc(CN(C(=O)CN(c2ccccc2Cl)S(C)(=O)=O)[C@H](Cc2ccccc2)C(=O)NC(C)(C)C)c1. The highest BCUT2D eigenvalue weighted by Crippen LogP contribution is 2.28. The summed E-state index contributed by atoms with van der Waals surface area (Å²) in [6, 6.07) is 22.7. The van der Waals surface area contributed by atoms with E-state index in [9.17, 15) is 18.0 Å². The zero-order chi connectivity index (χ0) is 28.8. The minimum atomic E-state index is -3.88. The molecule has 0 aliphatic heterocycles. The van der Waals surface area contributed by atoms with Crippen molar-refractivity contribution < 1.29 is 18.0 Å². The molecular formula is C30H36ClN3O4S. The van der Waals surface area contributed by atoms with Crippen LogP contribution in [0.15, 0.2) is 78.9 Å². The number of hydrogen-bond acceptors (Lipinski definition) is 4. The lowest BCUT2D eigenvalue weighted by atomic mass is 10.0. The third kappa shape index (κ3) is 8.83. The summed E-state index contributed by atoms with van der Waals surface area (Å²) < 4.78 is 26.7. The minimum Gasteiger partial charge on any atom is -0.350 e. The molecule has 1 atom stereocenters. The van der Waals surface area contributed by atoms with Gasteiger partial charge in [0.2, 0.25) is 21.8 Å². The molecule has 3 aromatic rings. The summed E-state index contributed by atoms with van der Waals surface area (Å²) in [7, 11) is -3.88. The molecule has 0 aromatic heterocycles. The summed E-state index contributed by atoms with van der Waals surface area (Å²) in [6.07, 6.45) is 1.29. The quantitative estimate of drug-likeness (QED) is 0.373. The molecule has 9 heteroatoms. The van der Waals surface area contributed by atoms with Gasteiger partial charge >= 0.3 is 0 Å². The molecule has 0 saturated heterocycles. The van der Waals surface area contributed by atoms with Crippen molar-refractivity contribution in [2.24, 2.45) is 0 Å². The Morgan fingerprint density at radius 1 is 0.923 bits per heavy atom. The van der Waals surface area contributed by atoms with E-state index in [1.165, 1.54) is 4.90 Å². The molecule has 0 spiro atoms. The topological polar surface area (TPSA) is 86.8 Å². The molecule has 0 heterocycles. The van der Waals surface area contributed by atoms with Gasteiger partial charge in [0.15, 0.2) is 0 Å². The second-order valence-electron chi connectivity index (χ2n) is 10.7. The predicted molar refractivity (Wildman–Crippen MR) is 157 cm³/mol. The lowest BCUT2D eigenvalue weighted by molar-refractivity contribution is -0.140. The molecule has 39 heavy (non-hydrogen) atoms. The number of anilines is 1. The lowest BCUT2D eigenvalue weighted by Crippen LogP contribution is -2.56. The minimum absolute atomic E-state index is 0.121. The van der Waals surface area contributed by atoms with Crippen LogP contribution in [0.5, 0.6) is 0 Å². The van der Waals surface area contributed by atoms with Crippen LogP contribution in [0.1, 0.15) is 37.5 Å². The maximum absolute atomic E-state index is 14.1. The number of carbonyl (C=O) groups is 2. The van der Waals surface area contributed by atoms with Crippen LogP contribution in [0.2, 0.25) is 5.02 Å². The van der Waals surface area contributed by atoms with Gasteiger partial charge in [-0.3, -0.25) is 13.9 Å². The van der Waals surface area contributed by atoms with Crippen LogP contribution in [0.3, 0.4) is 0 Å². The van der Waals surface area contributed by atoms with Crippen molar-refractivity contribution in [2.75, 3.05) is 17.1 Å². The van der Waals surface area contributed by atoms with E-state index in [4.69, 9.17) is 11.6 Å². The number of aryl methyl sites for hydroxylation is 1. The summed E-state index contributed by atoms with van der Waals surface area (Å²) in [6.45, 7) is 7.18. The van der Waals surface area contributed by atoms with Crippen LogP contribution in [-0.4, -0.2) is 49.5 Å². The molecule has 208 valence electrons. The highest BCUT2D eigenvalue weighted by molar-refractivity contribution is 7.92. The molecule has 3 rings (SSSR count). The third-order valence-electron chi connectivity index (χ3n) is 6.01. The Morgan fingerprint density at radius 3 is 2.13 bits per heavy atom. The number of carbonyl (C=O) groups excluding carboxylic acids is 2. The Bertz CT molecular complexity index is 1400. The van der Waals surface area contributed by atoms with Crippen LogP contribution >= 0.6 is 11.6 Å². The fraction of sp³-hybridized carbons (Fsp3) is 0.333. The van der Waals surface area contributed by atoms with Crippen molar-refractivity contribution >= 4 is 39.1 Å². The van der Waals surface area contributed by atoms with E-state index >= 15 is 0 Å². The molecule has 0 bridgehead atoms. The Morgan fingerprint density at radius 2 is 1.54 bits per heavy atom. The average Bonchev–Trinajstić information content (AvgIpc) is 2.84. The number of hydrogen-bond donors (Lipinski definition) is 1. The molecule has 3 aromatic carbocycles. The molecular weight excluding hydrogens is 534 g/mol. The monoisotopic (exact) mass is 569 g/mol. The Labute approximate surface area is 236 Å². The zero-order valence-corrected chi connectivity index (χ0v) is 24.6. The fourth-order valence-corrected chi connectivity index (χ4v) is 5.41. The van der Waals surface area contributed by atoms with E-state index in [1.807, 2.05) is 82.3 Å². The molecule has 1 N–H and O–H groups in total. The molecule has 0 aliphatic carbocycles. The number of nitrogens with zero attached hydrogens (tertiary/aromatic N) is 2. The van der Waals surface area contributed by atoms with E-state index in [0.717, 1.165) is 27.3 Å². The maximum atomic E-state index is 14.1. The molecule has 0 fully saturated rings. The highest BCUT2D eigenvalue weighted by Gasteiger charge is 2.34. The van der Waals surface area contributed by atoms with E-state index in [2.05, 4.69) is 5.32 Å². The van der Waals surface area contributed by atoms with E-state index < -0.39 is 34.1 Å². The van der Waals surface area contributed by atoms with Gasteiger partial charge < -0.3 is 10.2 Å². The number of para-hydroxylation sites is 1. The second kappa shape index (κ2) is 12.7. The number of halogens is 1.